The zero-order valence-electron chi connectivity index (χ0n) is 15.9. The van der Waals surface area contributed by atoms with Crippen LogP contribution in [0.3, 0.4) is 0 Å². The van der Waals surface area contributed by atoms with E-state index in [9.17, 15) is 14.9 Å². The predicted octanol–water partition coefficient (Wildman–Crippen LogP) is 4.17. The standard InChI is InChI=1S/C22H21N3O4/c26-22(16-29-17-8-2-1-3-9-17)24-15-7-6-14-23(24)20-12-13-21(25(27)28)19-11-5-4-10-18(19)20/h1-5,8-13H,6-7,14-16H2. The summed E-state index contributed by atoms with van der Waals surface area (Å²) in [6.45, 7) is 1.19. The average Bonchev–Trinajstić information content (AvgIpc) is 2.77. The Hall–Kier alpha value is -3.61. The molecule has 1 aliphatic rings. The fourth-order valence-electron chi connectivity index (χ4n) is 3.66. The number of hydrogen-bond acceptors (Lipinski definition) is 5. The zero-order valence-corrected chi connectivity index (χ0v) is 15.9. The first-order valence-electron chi connectivity index (χ1n) is 9.57. The summed E-state index contributed by atoms with van der Waals surface area (Å²) < 4.78 is 5.64. The summed E-state index contributed by atoms with van der Waals surface area (Å²) in [5, 5.41) is 16.3. The Kier molecular flexibility index (Phi) is 5.29. The third kappa shape index (κ3) is 3.85. The Morgan fingerprint density at radius 1 is 0.931 bits per heavy atom. The first kappa shape index (κ1) is 18.7. The van der Waals surface area contributed by atoms with Gasteiger partial charge >= 0.3 is 0 Å². The molecule has 0 unspecified atom stereocenters. The molecule has 1 saturated heterocycles. The Labute approximate surface area is 168 Å². The smallest absolute Gasteiger partial charge is 0.278 e. The van der Waals surface area contributed by atoms with Crippen LogP contribution in [0.25, 0.3) is 10.8 Å². The minimum absolute atomic E-state index is 0.0617. The van der Waals surface area contributed by atoms with E-state index in [0.717, 1.165) is 23.9 Å². The van der Waals surface area contributed by atoms with Crippen LogP contribution in [-0.2, 0) is 4.79 Å². The van der Waals surface area contributed by atoms with Crippen LogP contribution in [0.15, 0.2) is 66.7 Å². The fraction of sp³-hybridized carbons (Fsp3) is 0.227. The van der Waals surface area contributed by atoms with Crippen LogP contribution < -0.4 is 9.75 Å². The quantitative estimate of drug-likeness (QED) is 0.482. The van der Waals surface area contributed by atoms with Gasteiger partial charge in [-0.25, -0.2) is 0 Å². The number of nitro groups is 1. The molecular weight excluding hydrogens is 370 g/mol. The molecule has 1 heterocycles. The van der Waals surface area contributed by atoms with Crippen LogP contribution in [0.2, 0.25) is 0 Å². The van der Waals surface area contributed by atoms with Crippen LogP contribution >= 0.6 is 0 Å². The summed E-state index contributed by atoms with van der Waals surface area (Å²) >= 11 is 0. The van der Waals surface area contributed by atoms with Gasteiger partial charge in [-0.3, -0.25) is 24.9 Å². The van der Waals surface area contributed by atoms with E-state index in [4.69, 9.17) is 4.74 Å². The third-order valence-electron chi connectivity index (χ3n) is 5.03. The van der Waals surface area contributed by atoms with Crippen molar-refractivity contribution in [1.82, 2.24) is 5.01 Å². The van der Waals surface area contributed by atoms with Crippen LogP contribution in [0.4, 0.5) is 11.4 Å². The molecule has 0 aliphatic carbocycles. The Morgan fingerprint density at radius 3 is 2.38 bits per heavy atom. The molecule has 1 fully saturated rings. The number of anilines is 1. The summed E-state index contributed by atoms with van der Waals surface area (Å²) in [7, 11) is 0. The second kappa shape index (κ2) is 8.18. The van der Waals surface area contributed by atoms with E-state index in [1.807, 2.05) is 47.5 Å². The molecule has 0 atom stereocenters. The SMILES string of the molecule is O=C(COc1ccccc1)N1CCCCN1c1ccc([N+](=O)[O-])c2ccccc12. The van der Waals surface area contributed by atoms with E-state index in [0.29, 0.717) is 24.2 Å². The molecule has 3 aromatic rings. The zero-order chi connectivity index (χ0) is 20.2. The summed E-state index contributed by atoms with van der Waals surface area (Å²) in [6.07, 6.45) is 1.84. The highest BCUT2D eigenvalue weighted by molar-refractivity contribution is 6.00. The first-order chi connectivity index (χ1) is 14.1. The largest absolute Gasteiger partial charge is 0.484 e. The lowest BCUT2D eigenvalue weighted by Crippen LogP contribution is -2.52. The highest BCUT2D eigenvalue weighted by Gasteiger charge is 2.27. The van der Waals surface area contributed by atoms with Crippen molar-refractivity contribution in [1.29, 1.82) is 0 Å². The molecule has 7 nitrogen and oxygen atoms in total. The minimum atomic E-state index is -0.376. The molecular formula is C22H21N3O4. The summed E-state index contributed by atoms with van der Waals surface area (Å²) in [4.78, 5) is 23.9. The molecule has 29 heavy (non-hydrogen) atoms. The molecule has 0 radical (unpaired) electrons. The van der Waals surface area contributed by atoms with Gasteiger partial charge in [-0.15, -0.1) is 0 Å². The number of benzene rings is 3. The third-order valence-corrected chi connectivity index (χ3v) is 5.03. The van der Waals surface area contributed by atoms with Crippen molar-refractivity contribution >= 4 is 28.1 Å². The van der Waals surface area contributed by atoms with Crippen LogP contribution in [-0.4, -0.2) is 35.5 Å². The molecule has 0 N–H and O–H groups in total. The van der Waals surface area contributed by atoms with E-state index in [1.165, 1.54) is 6.07 Å². The highest BCUT2D eigenvalue weighted by atomic mass is 16.6. The van der Waals surface area contributed by atoms with E-state index >= 15 is 0 Å². The number of amides is 1. The van der Waals surface area contributed by atoms with Gasteiger partial charge in [-0.2, -0.15) is 0 Å². The van der Waals surface area contributed by atoms with Gasteiger partial charge in [-0.1, -0.05) is 36.4 Å². The number of rotatable bonds is 5. The summed E-state index contributed by atoms with van der Waals surface area (Å²) in [5.74, 6) is 0.501. The number of hydrazine groups is 1. The molecule has 0 bridgehead atoms. The van der Waals surface area contributed by atoms with E-state index < -0.39 is 0 Å². The van der Waals surface area contributed by atoms with Gasteiger partial charge in [0.2, 0.25) is 0 Å². The number of nitrogens with zero attached hydrogens (tertiary/aromatic N) is 3. The van der Waals surface area contributed by atoms with Crippen LogP contribution in [0, 0.1) is 10.1 Å². The van der Waals surface area contributed by atoms with Crippen LogP contribution in [0.5, 0.6) is 5.75 Å². The molecule has 148 valence electrons. The molecule has 7 heteroatoms. The summed E-state index contributed by atoms with van der Waals surface area (Å²) in [5.41, 5.74) is 0.852. The number of hydrogen-bond donors (Lipinski definition) is 0. The van der Waals surface area contributed by atoms with Gasteiger partial charge in [0, 0.05) is 24.5 Å². The maximum absolute atomic E-state index is 12.9. The number of carbonyl (C=O) groups is 1. The Balaban J connectivity index is 1.63. The van der Waals surface area contributed by atoms with Gasteiger partial charge in [0.15, 0.2) is 6.61 Å². The Morgan fingerprint density at radius 2 is 1.62 bits per heavy atom. The molecule has 1 aliphatic heterocycles. The van der Waals surface area contributed by atoms with Crippen molar-refractivity contribution in [3.63, 3.8) is 0 Å². The van der Waals surface area contributed by atoms with E-state index in [1.54, 1.807) is 23.2 Å². The average molecular weight is 391 g/mol. The molecule has 3 aromatic carbocycles. The van der Waals surface area contributed by atoms with Gasteiger partial charge in [0.05, 0.1) is 16.0 Å². The first-order valence-corrected chi connectivity index (χ1v) is 9.57. The fourth-order valence-corrected chi connectivity index (χ4v) is 3.66. The second-order valence-electron chi connectivity index (χ2n) is 6.86. The monoisotopic (exact) mass is 391 g/mol. The molecule has 0 saturated carbocycles. The summed E-state index contributed by atoms with van der Waals surface area (Å²) in [6, 6.07) is 19.7. The molecule has 0 aromatic heterocycles. The second-order valence-corrected chi connectivity index (χ2v) is 6.86. The van der Waals surface area contributed by atoms with Crippen molar-refractivity contribution < 1.29 is 14.5 Å². The predicted molar refractivity (Wildman–Crippen MR) is 111 cm³/mol. The van der Waals surface area contributed by atoms with Gasteiger partial charge in [0.1, 0.15) is 5.75 Å². The lowest BCUT2D eigenvalue weighted by molar-refractivity contribution is -0.383. The van der Waals surface area contributed by atoms with Crippen molar-refractivity contribution in [2.45, 2.75) is 12.8 Å². The van der Waals surface area contributed by atoms with Gasteiger partial charge in [-0.05, 0) is 37.1 Å². The number of non-ortho nitro benzene ring substituents is 1. The molecule has 1 amide bonds. The molecule has 0 spiro atoms. The highest BCUT2D eigenvalue weighted by Crippen LogP contribution is 2.35. The van der Waals surface area contributed by atoms with Crippen molar-refractivity contribution in [3.05, 3.63) is 76.8 Å². The van der Waals surface area contributed by atoms with E-state index in [2.05, 4.69) is 0 Å². The maximum Gasteiger partial charge on any atom is 0.278 e. The lowest BCUT2D eigenvalue weighted by Gasteiger charge is -2.40. The number of fused-ring (bicyclic) bond motifs is 1. The number of carbonyl (C=O) groups excluding carboxylic acids is 1. The lowest BCUT2D eigenvalue weighted by atomic mass is 10.1. The van der Waals surface area contributed by atoms with Crippen molar-refractivity contribution in [3.8, 4) is 5.75 Å². The number of ether oxygens (including phenoxy) is 1. The van der Waals surface area contributed by atoms with Crippen molar-refractivity contribution in [2.24, 2.45) is 0 Å². The van der Waals surface area contributed by atoms with Gasteiger partial charge in [0.25, 0.3) is 11.6 Å². The van der Waals surface area contributed by atoms with Gasteiger partial charge < -0.3 is 4.74 Å². The normalized spacial score (nSPS) is 14.1. The topological polar surface area (TPSA) is 75.9 Å². The number of nitro benzene ring substituents is 1. The van der Waals surface area contributed by atoms with Crippen molar-refractivity contribution in [2.75, 3.05) is 24.7 Å². The minimum Gasteiger partial charge on any atom is -0.484 e. The maximum atomic E-state index is 12.9. The van der Waals surface area contributed by atoms with Crippen LogP contribution in [0.1, 0.15) is 12.8 Å². The molecule has 4 rings (SSSR count). The Bertz CT molecular complexity index is 1040. The number of para-hydroxylation sites is 1. The van der Waals surface area contributed by atoms with E-state index in [-0.39, 0.29) is 23.1 Å².